The molecule has 26 heavy (non-hydrogen) atoms. The van der Waals surface area contributed by atoms with Crippen molar-refractivity contribution in [3.05, 3.63) is 65.5 Å². The van der Waals surface area contributed by atoms with Gasteiger partial charge in [0.05, 0.1) is 11.1 Å². The van der Waals surface area contributed by atoms with Gasteiger partial charge in [-0.3, -0.25) is 4.98 Å². The molecular formula is C20H18N2O4. The number of aromatic nitrogens is 1. The molecule has 1 aromatic carbocycles. The number of rotatable bonds is 2. The van der Waals surface area contributed by atoms with Crippen molar-refractivity contribution in [1.82, 2.24) is 10.0 Å². The summed E-state index contributed by atoms with van der Waals surface area (Å²) in [7, 11) is 0. The van der Waals surface area contributed by atoms with E-state index in [-0.39, 0.29) is 0 Å². The van der Waals surface area contributed by atoms with Crippen LogP contribution in [0, 0.1) is 0 Å². The molecule has 6 nitrogen and oxygen atoms in total. The minimum Gasteiger partial charge on any atom is -0.427 e. The topological polar surface area (TPSA) is 68.7 Å². The minimum atomic E-state index is -1.17. The first kappa shape index (κ1) is 15.5. The van der Waals surface area contributed by atoms with Gasteiger partial charge in [-0.2, -0.15) is 0 Å². The van der Waals surface area contributed by atoms with Crippen LogP contribution in [0.5, 0.6) is 0 Å². The molecule has 0 spiro atoms. The monoisotopic (exact) mass is 350 g/mol. The van der Waals surface area contributed by atoms with Crippen molar-refractivity contribution in [2.75, 3.05) is 6.54 Å². The molecule has 1 aliphatic carbocycles. The summed E-state index contributed by atoms with van der Waals surface area (Å²) in [5.41, 5.74) is 1.15. The number of benzene rings is 1. The molecule has 0 bridgehead atoms. The molecule has 2 fully saturated rings. The summed E-state index contributed by atoms with van der Waals surface area (Å²) in [6.45, 7) is 0.477. The molecule has 2 aromatic rings. The van der Waals surface area contributed by atoms with Gasteiger partial charge in [-0.25, -0.2) is 9.59 Å². The first-order chi connectivity index (χ1) is 12.7. The van der Waals surface area contributed by atoms with Crippen LogP contribution in [-0.2, 0) is 36.7 Å². The lowest BCUT2D eigenvalue weighted by molar-refractivity contribution is -0.347. The van der Waals surface area contributed by atoms with Gasteiger partial charge in [-0.05, 0) is 37.0 Å². The van der Waals surface area contributed by atoms with E-state index in [0.29, 0.717) is 6.54 Å². The predicted octanol–water partition coefficient (Wildman–Crippen LogP) is 2.23. The van der Waals surface area contributed by atoms with Gasteiger partial charge in [-0.15, -0.1) is 0 Å². The molecule has 0 amide bonds. The molecule has 3 heterocycles. The zero-order valence-corrected chi connectivity index (χ0v) is 14.2. The van der Waals surface area contributed by atoms with Crippen molar-refractivity contribution in [2.24, 2.45) is 0 Å². The summed E-state index contributed by atoms with van der Waals surface area (Å²) in [5, 5.41) is 1.58. The highest BCUT2D eigenvalue weighted by molar-refractivity contribution is 6.30. The number of carbonyl (C=O) groups is 2. The van der Waals surface area contributed by atoms with E-state index < -0.39 is 23.1 Å². The summed E-state index contributed by atoms with van der Waals surface area (Å²) in [5.74, 6) is -1.91. The quantitative estimate of drug-likeness (QED) is 0.611. The standard InChI is InChI=1S/C20H18N2O4/c23-17-18(24)26-22-13-9-14-6-1-2-7-15(14)20(22,25-17)19(10-5-11-19)16-8-3-4-12-21-16/h1-4,6-8,12H,5,9-11,13H2. The second-order valence-electron chi connectivity index (χ2n) is 7.07. The Morgan fingerprint density at radius 3 is 2.54 bits per heavy atom. The summed E-state index contributed by atoms with van der Waals surface area (Å²) in [6.07, 6.45) is 5.09. The first-order valence-corrected chi connectivity index (χ1v) is 8.90. The highest BCUT2D eigenvalue weighted by Gasteiger charge is 2.68. The second kappa shape index (κ2) is 5.38. The Kier molecular flexibility index (Phi) is 3.21. The maximum atomic E-state index is 12.3. The van der Waals surface area contributed by atoms with Gasteiger partial charge in [0.25, 0.3) is 0 Å². The number of hydrogen-bond acceptors (Lipinski definition) is 6. The Balaban J connectivity index is 1.79. The van der Waals surface area contributed by atoms with Crippen LogP contribution in [0.2, 0.25) is 0 Å². The zero-order valence-electron chi connectivity index (χ0n) is 14.2. The third-order valence-electron chi connectivity index (χ3n) is 5.93. The Morgan fingerprint density at radius 2 is 1.81 bits per heavy atom. The van der Waals surface area contributed by atoms with Crippen LogP contribution >= 0.6 is 0 Å². The smallest absolute Gasteiger partial charge is 0.427 e. The third kappa shape index (κ3) is 1.82. The van der Waals surface area contributed by atoms with Crippen molar-refractivity contribution in [2.45, 2.75) is 36.8 Å². The van der Waals surface area contributed by atoms with Crippen LogP contribution in [0.4, 0.5) is 0 Å². The van der Waals surface area contributed by atoms with E-state index in [4.69, 9.17) is 9.57 Å². The number of fused-ring (bicyclic) bond motifs is 3. The minimum absolute atomic E-state index is 0.477. The van der Waals surface area contributed by atoms with Crippen molar-refractivity contribution in [3.8, 4) is 0 Å². The molecule has 132 valence electrons. The molecule has 1 saturated carbocycles. The summed E-state index contributed by atoms with van der Waals surface area (Å²) in [6, 6.07) is 13.7. The average molecular weight is 350 g/mol. The van der Waals surface area contributed by atoms with Crippen LogP contribution in [0.3, 0.4) is 0 Å². The Hall–Kier alpha value is -2.73. The van der Waals surface area contributed by atoms with Crippen molar-refractivity contribution < 1.29 is 19.2 Å². The van der Waals surface area contributed by atoms with Crippen molar-refractivity contribution in [3.63, 3.8) is 0 Å². The SMILES string of the molecule is O=C1ON2CCc3ccccc3C2(C2(c3ccccn3)CCC2)OC1=O. The Bertz CT molecular complexity index is 894. The number of esters is 1. The fourth-order valence-corrected chi connectivity index (χ4v) is 4.65. The van der Waals surface area contributed by atoms with E-state index in [9.17, 15) is 9.59 Å². The van der Waals surface area contributed by atoms with Gasteiger partial charge in [0.1, 0.15) is 0 Å². The number of hydrogen-bond donors (Lipinski definition) is 0. The van der Waals surface area contributed by atoms with Gasteiger partial charge < -0.3 is 9.57 Å². The van der Waals surface area contributed by atoms with Gasteiger partial charge in [0.15, 0.2) is 0 Å². The Morgan fingerprint density at radius 1 is 1.00 bits per heavy atom. The van der Waals surface area contributed by atoms with Crippen molar-refractivity contribution in [1.29, 1.82) is 0 Å². The molecule has 0 N–H and O–H groups in total. The van der Waals surface area contributed by atoms with Gasteiger partial charge in [0, 0.05) is 18.3 Å². The van der Waals surface area contributed by atoms with E-state index in [1.807, 2.05) is 42.5 Å². The van der Waals surface area contributed by atoms with Crippen LogP contribution in [0.1, 0.15) is 36.1 Å². The number of ether oxygens (including phenoxy) is 1. The molecule has 2 aliphatic heterocycles. The van der Waals surface area contributed by atoms with Gasteiger partial charge >= 0.3 is 11.9 Å². The van der Waals surface area contributed by atoms with E-state index in [1.165, 1.54) is 0 Å². The highest BCUT2D eigenvalue weighted by atomic mass is 16.8. The largest absolute Gasteiger partial charge is 0.436 e. The fourth-order valence-electron chi connectivity index (χ4n) is 4.65. The van der Waals surface area contributed by atoms with E-state index >= 15 is 0 Å². The molecule has 1 unspecified atom stereocenters. The lowest BCUT2D eigenvalue weighted by Crippen LogP contribution is -2.70. The fraction of sp³-hybridized carbons (Fsp3) is 0.350. The zero-order chi connectivity index (χ0) is 17.8. The lowest BCUT2D eigenvalue weighted by atomic mass is 9.56. The molecule has 1 atom stereocenters. The first-order valence-electron chi connectivity index (χ1n) is 8.90. The number of hydroxylamine groups is 2. The van der Waals surface area contributed by atoms with Gasteiger partial charge in [0.2, 0.25) is 5.72 Å². The molecule has 0 radical (unpaired) electrons. The summed E-state index contributed by atoms with van der Waals surface area (Å²) < 4.78 is 5.95. The van der Waals surface area contributed by atoms with Crippen LogP contribution in [-0.4, -0.2) is 28.5 Å². The van der Waals surface area contributed by atoms with Crippen molar-refractivity contribution >= 4 is 11.9 Å². The number of carbonyl (C=O) groups excluding carboxylic acids is 2. The Labute approximate surface area is 150 Å². The molecule has 3 aliphatic rings. The molecule has 5 rings (SSSR count). The summed E-state index contributed by atoms with van der Waals surface area (Å²) in [4.78, 5) is 34.3. The molecule has 1 saturated heterocycles. The normalized spacial score (nSPS) is 26.8. The maximum Gasteiger partial charge on any atom is 0.436 e. The molecular weight excluding hydrogens is 332 g/mol. The van der Waals surface area contributed by atoms with E-state index in [0.717, 1.165) is 42.5 Å². The number of nitrogens with zero attached hydrogens (tertiary/aromatic N) is 2. The molecule has 6 heteroatoms. The van der Waals surface area contributed by atoms with Crippen LogP contribution < -0.4 is 0 Å². The van der Waals surface area contributed by atoms with Crippen LogP contribution in [0.25, 0.3) is 0 Å². The predicted molar refractivity (Wildman–Crippen MR) is 90.5 cm³/mol. The third-order valence-corrected chi connectivity index (χ3v) is 5.93. The lowest BCUT2D eigenvalue weighted by Gasteiger charge is -2.59. The molecule has 1 aromatic heterocycles. The maximum absolute atomic E-state index is 12.3. The average Bonchev–Trinajstić information content (AvgIpc) is 2.63. The van der Waals surface area contributed by atoms with Crippen LogP contribution in [0.15, 0.2) is 48.7 Å². The van der Waals surface area contributed by atoms with E-state index in [2.05, 4.69) is 4.98 Å². The van der Waals surface area contributed by atoms with Gasteiger partial charge in [-0.1, -0.05) is 41.8 Å². The second-order valence-corrected chi connectivity index (χ2v) is 7.07. The van der Waals surface area contributed by atoms with E-state index in [1.54, 1.807) is 11.3 Å². The number of pyridine rings is 1. The highest BCUT2D eigenvalue weighted by Crippen LogP contribution is 2.60. The summed E-state index contributed by atoms with van der Waals surface area (Å²) >= 11 is 0.